The van der Waals surface area contributed by atoms with Crippen LogP contribution in [0.5, 0.6) is 0 Å². The fraction of sp³-hybridized carbons (Fsp3) is 0.167. The van der Waals surface area contributed by atoms with Crippen LogP contribution in [-0.2, 0) is 7.05 Å². The summed E-state index contributed by atoms with van der Waals surface area (Å²) < 4.78 is 15.2. The van der Waals surface area contributed by atoms with Gasteiger partial charge < -0.3 is 10.3 Å². The second kappa shape index (κ2) is 3.16. The average Bonchev–Trinajstić information content (AvgIpc) is 2.58. The highest BCUT2D eigenvalue weighted by molar-refractivity contribution is 6.06. The van der Waals surface area contributed by atoms with Crippen molar-refractivity contribution < 1.29 is 4.39 Å². The number of halogens is 1. The Kier molecular flexibility index (Phi) is 1.86. The molecule has 0 aliphatic carbocycles. The van der Waals surface area contributed by atoms with Gasteiger partial charge in [0.1, 0.15) is 17.2 Å². The zero-order valence-corrected chi connectivity index (χ0v) is 9.53. The molecule has 0 unspecified atom stereocenters. The van der Waals surface area contributed by atoms with Crippen molar-refractivity contribution in [2.75, 3.05) is 5.73 Å². The van der Waals surface area contributed by atoms with Gasteiger partial charge in [0.2, 0.25) is 0 Å². The lowest BCUT2D eigenvalue weighted by molar-refractivity contribution is 0.629. The SMILES string of the molecule is Cc1nc2c(N)nc3ccc(F)cc3c2n1C. The number of anilines is 1. The van der Waals surface area contributed by atoms with E-state index in [9.17, 15) is 4.39 Å². The Morgan fingerprint density at radius 1 is 1.29 bits per heavy atom. The van der Waals surface area contributed by atoms with E-state index in [0.29, 0.717) is 16.9 Å². The van der Waals surface area contributed by atoms with Gasteiger partial charge in [0.15, 0.2) is 5.82 Å². The zero-order chi connectivity index (χ0) is 12.2. The molecule has 0 aliphatic heterocycles. The smallest absolute Gasteiger partial charge is 0.152 e. The molecular formula is C12H11FN4. The van der Waals surface area contributed by atoms with Crippen LogP contribution in [0.1, 0.15) is 5.82 Å². The molecule has 2 N–H and O–H groups in total. The maximum Gasteiger partial charge on any atom is 0.152 e. The van der Waals surface area contributed by atoms with Gasteiger partial charge in [0, 0.05) is 12.4 Å². The zero-order valence-electron chi connectivity index (χ0n) is 9.53. The normalized spacial score (nSPS) is 11.5. The Balaban J connectivity index is 2.64. The number of rotatable bonds is 0. The molecule has 3 aromatic rings. The Labute approximate surface area is 96.9 Å². The number of nitrogen functional groups attached to an aromatic ring is 1. The molecule has 0 bridgehead atoms. The highest BCUT2D eigenvalue weighted by atomic mass is 19.1. The maximum atomic E-state index is 13.3. The summed E-state index contributed by atoms with van der Waals surface area (Å²) in [6.07, 6.45) is 0. The molecule has 0 fully saturated rings. The summed E-state index contributed by atoms with van der Waals surface area (Å²) in [6.45, 7) is 1.88. The Bertz CT molecular complexity index is 745. The molecule has 0 atom stereocenters. The predicted octanol–water partition coefficient (Wildman–Crippen LogP) is 2.15. The minimum Gasteiger partial charge on any atom is -0.382 e. The quantitative estimate of drug-likeness (QED) is 0.643. The molecule has 1 aromatic carbocycles. The van der Waals surface area contributed by atoms with E-state index in [4.69, 9.17) is 5.73 Å². The summed E-state index contributed by atoms with van der Waals surface area (Å²) >= 11 is 0. The van der Waals surface area contributed by atoms with Crippen molar-refractivity contribution in [3.05, 3.63) is 29.8 Å². The summed E-state index contributed by atoms with van der Waals surface area (Å²) in [5.41, 5.74) is 7.99. The standard InChI is InChI=1S/C12H11FN4/c1-6-15-10-11(17(6)2)8-5-7(13)3-4-9(8)16-12(10)14/h3-5H,1-2H3,(H2,14,16). The Hall–Kier alpha value is -2.17. The van der Waals surface area contributed by atoms with Gasteiger partial charge in [0.25, 0.3) is 0 Å². The number of pyridine rings is 1. The average molecular weight is 230 g/mol. The molecule has 0 spiro atoms. The van der Waals surface area contributed by atoms with Crippen molar-refractivity contribution in [3.63, 3.8) is 0 Å². The maximum absolute atomic E-state index is 13.3. The molecule has 4 nitrogen and oxygen atoms in total. The third kappa shape index (κ3) is 1.28. The Morgan fingerprint density at radius 3 is 2.82 bits per heavy atom. The van der Waals surface area contributed by atoms with Crippen LogP contribution in [-0.4, -0.2) is 14.5 Å². The fourth-order valence-electron chi connectivity index (χ4n) is 2.08. The van der Waals surface area contributed by atoms with Crippen molar-refractivity contribution >= 4 is 27.8 Å². The summed E-state index contributed by atoms with van der Waals surface area (Å²) in [4.78, 5) is 8.58. The van der Waals surface area contributed by atoms with Crippen LogP contribution in [0.4, 0.5) is 10.2 Å². The molecule has 2 heterocycles. The van der Waals surface area contributed by atoms with E-state index >= 15 is 0 Å². The van der Waals surface area contributed by atoms with Crippen molar-refractivity contribution in [2.45, 2.75) is 6.92 Å². The first-order valence-electron chi connectivity index (χ1n) is 5.25. The van der Waals surface area contributed by atoms with E-state index in [2.05, 4.69) is 9.97 Å². The third-order valence-electron chi connectivity index (χ3n) is 3.02. The van der Waals surface area contributed by atoms with Crippen molar-refractivity contribution in [3.8, 4) is 0 Å². The number of imidazole rings is 1. The van der Waals surface area contributed by atoms with E-state index < -0.39 is 0 Å². The third-order valence-corrected chi connectivity index (χ3v) is 3.02. The number of hydrogen-bond acceptors (Lipinski definition) is 3. The number of fused-ring (bicyclic) bond motifs is 3. The molecule has 2 aromatic heterocycles. The number of nitrogens with two attached hydrogens (primary N) is 1. The molecule has 17 heavy (non-hydrogen) atoms. The van der Waals surface area contributed by atoms with E-state index in [1.54, 1.807) is 6.07 Å². The van der Waals surface area contributed by atoms with Gasteiger partial charge in [-0.25, -0.2) is 14.4 Å². The number of benzene rings is 1. The van der Waals surface area contributed by atoms with Gasteiger partial charge in [-0.3, -0.25) is 0 Å². The van der Waals surface area contributed by atoms with Gasteiger partial charge >= 0.3 is 0 Å². The summed E-state index contributed by atoms with van der Waals surface area (Å²) in [5.74, 6) is 0.914. The van der Waals surface area contributed by atoms with Crippen LogP contribution in [0.25, 0.3) is 21.9 Å². The van der Waals surface area contributed by atoms with Gasteiger partial charge in [-0.05, 0) is 25.1 Å². The minimum absolute atomic E-state index is 0.288. The van der Waals surface area contributed by atoms with E-state index in [1.807, 2.05) is 18.5 Å². The van der Waals surface area contributed by atoms with E-state index in [-0.39, 0.29) is 5.82 Å². The first-order chi connectivity index (χ1) is 8.08. The van der Waals surface area contributed by atoms with Crippen molar-refractivity contribution in [2.24, 2.45) is 7.05 Å². The Morgan fingerprint density at radius 2 is 2.06 bits per heavy atom. The molecule has 0 radical (unpaired) electrons. The molecule has 0 saturated carbocycles. The number of aryl methyl sites for hydroxylation is 2. The molecule has 5 heteroatoms. The van der Waals surface area contributed by atoms with Crippen molar-refractivity contribution in [1.29, 1.82) is 0 Å². The van der Waals surface area contributed by atoms with Crippen LogP contribution in [0, 0.1) is 12.7 Å². The molecule has 0 saturated heterocycles. The number of nitrogens with zero attached hydrogens (tertiary/aromatic N) is 3. The highest BCUT2D eigenvalue weighted by Gasteiger charge is 2.13. The molecule has 3 rings (SSSR count). The molecule has 0 amide bonds. The first-order valence-corrected chi connectivity index (χ1v) is 5.25. The summed E-state index contributed by atoms with van der Waals surface area (Å²) in [6, 6.07) is 4.47. The van der Waals surface area contributed by atoms with Crippen LogP contribution >= 0.6 is 0 Å². The second-order valence-electron chi connectivity index (χ2n) is 4.07. The van der Waals surface area contributed by atoms with Crippen LogP contribution in [0.3, 0.4) is 0 Å². The highest BCUT2D eigenvalue weighted by Crippen LogP contribution is 2.28. The topological polar surface area (TPSA) is 56.7 Å². The monoisotopic (exact) mass is 230 g/mol. The van der Waals surface area contributed by atoms with Crippen LogP contribution in [0.15, 0.2) is 18.2 Å². The number of aromatic nitrogens is 3. The van der Waals surface area contributed by atoms with E-state index in [1.165, 1.54) is 12.1 Å². The summed E-state index contributed by atoms with van der Waals surface area (Å²) in [7, 11) is 1.88. The van der Waals surface area contributed by atoms with Gasteiger partial charge in [-0.1, -0.05) is 0 Å². The lowest BCUT2D eigenvalue weighted by Gasteiger charge is -2.04. The van der Waals surface area contributed by atoms with Gasteiger partial charge in [-0.2, -0.15) is 0 Å². The van der Waals surface area contributed by atoms with Gasteiger partial charge in [0.05, 0.1) is 11.0 Å². The molecule has 0 aliphatic rings. The van der Waals surface area contributed by atoms with E-state index in [0.717, 1.165) is 16.7 Å². The van der Waals surface area contributed by atoms with Gasteiger partial charge in [-0.15, -0.1) is 0 Å². The lowest BCUT2D eigenvalue weighted by atomic mass is 10.2. The summed E-state index contributed by atoms with van der Waals surface area (Å²) in [5, 5.41) is 0.734. The largest absolute Gasteiger partial charge is 0.382 e. The first kappa shape index (κ1) is 10.0. The minimum atomic E-state index is -0.288. The number of hydrogen-bond donors (Lipinski definition) is 1. The second-order valence-corrected chi connectivity index (χ2v) is 4.07. The van der Waals surface area contributed by atoms with Crippen LogP contribution < -0.4 is 5.73 Å². The molecule has 86 valence electrons. The lowest BCUT2D eigenvalue weighted by Crippen LogP contribution is -1.95. The van der Waals surface area contributed by atoms with Crippen molar-refractivity contribution in [1.82, 2.24) is 14.5 Å². The molecular weight excluding hydrogens is 219 g/mol. The van der Waals surface area contributed by atoms with Crippen LogP contribution in [0.2, 0.25) is 0 Å². The predicted molar refractivity (Wildman–Crippen MR) is 65.1 cm³/mol. The fourth-order valence-corrected chi connectivity index (χ4v) is 2.08.